The zero-order chi connectivity index (χ0) is 19.8. The molecule has 29 heavy (non-hydrogen) atoms. The highest BCUT2D eigenvalue weighted by molar-refractivity contribution is 6.01. The number of carbonyl (C=O) groups is 2. The second-order valence-electron chi connectivity index (χ2n) is 7.52. The van der Waals surface area contributed by atoms with E-state index in [0.717, 1.165) is 11.5 Å². The molecule has 8 nitrogen and oxygen atoms in total. The summed E-state index contributed by atoms with van der Waals surface area (Å²) in [5.74, 6) is 1.40. The lowest BCUT2D eigenvalue weighted by atomic mass is 9.89. The van der Waals surface area contributed by atoms with Crippen LogP contribution in [0.1, 0.15) is 26.9 Å². The van der Waals surface area contributed by atoms with Crippen LogP contribution in [0.3, 0.4) is 0 Å². The maximum absolute atomic E-state index is 12.7. The van der Waals surface area contributed by atoms with Crippen LogP contribution in [-0.2, 0) is 13.0 Å². The first-order valence-electron chi connectivity index (χ1n) is 9.68. The number of hydrogen-bond donors (Lipinski definition) is 1. The Hall–Kier alpha value is -3.55. The molecular formula is C21H20N6O2. The van der Waals surface area contributed by atoms with Crippen LogP contribution in [0.15, 0.2) is 54.7 Å². The number of benzene rings is 1. The number of rotatable bonds is 3. The topological polar surface area (TPSA) is 93.0 Å². The number of anilines is 1. The van der Waals surface area contributed by atoms with E-state index in [2.05, 4.69) is 20.5 Å². The molecule has 1 saturated heterocycles. The number of nitrogens with zero attached hydrogens (tertiary/aromatic N) is 5. The van der Waals surface area contributed by atoms with Gasteiger partial charge < -0.3 is 14.8 Å². The van der Waals surface area contributed by atoms with Crippen molar-refractivity contribution < 1.29 is 9.59 Å². The summed E-state index contributed by atoms with van der Waals surface area (Å²) in [4.78, 5) is 31.5. The fourth-order valence-electron chi connectivity index (χ4n) is 4.22. The molecule has 2 atom stereocenters. The zero-order valence-corrected chi connectivity index (χ0v) is 15.7. The number of likely N-dealkylation sites (tertiary alicyclic amines) is 1. The molecule has 1 N–H and O–H groups in total. The highest BCUT2D eigenvalue weighted by Gasteiger charge is 2.41. The van der Waals surface area contributed by atoms with E-state index in [0.29, 0.717) is 43.5 Å². The molecule has 5 rings (SSSR count). The first-order chi connectivity index (χ1) is 14.2. The maximum Gasteiger partial charge on any atom is 0.293 e. The number of pyridine rings is 1. The fraction of sp³-hybridized carbons (Fsp3) is 0.286. The Morgan fingerprint density at radius 3 is 2.52 bits per heavy atom. The van der Waals surface area contributed by atoms with Crippen LogP contribution in [0, 0.1) is 11.8 Å². The minimum atomic E-state index is -0.271. The number of fused-ring (bicyclic) bond motifs is 2. The number of hydrogen-bond acceptors (Lipinski definition) is 5. The summed E-state index contributed by atoms with van der Waals surface area (Å²) < 4.78 is 1.90. The fourth-order valence-corrected chi connectivity index (χ4v) is 4.22. The normalized spacial score (nSPS) is 20.1. The molecule has 2 aromatic heterocycles. The highest BCUT2D eigenvalue weighted by atomic mass is 16.2. The summed E-state index contributed by atoms with van der Waals surface area (Å²) in [5, 5.41) is 11.2. The third kappa shape index (κ3) is 3.26. The van der Waals surface area contributed by atoms with Gasteiger partial charge in [-0.2, -0.15) is 0 Å². The quantitative estimate of drug-likeness (QED) is 0.739. The predicted octanol–water partition coefficient (Wildman–Crippen LogP) is 1.87. The van der Waals surface area contributed by atoms with E-state index in [4.69, 9.17) is 0 Å². The van der Waals surface area contributed by atoms with Crippen LogP contribution in [-0.4, -0.2) is 49.6 Å². The largest absolute Gasteiger partial charge is 0.337 e. The molecule has 0 spiro atoms. The third-order valence-corrected chi connectivity index (χ3v) is 5.67. The molecule has 0 radical (unpaired) electrons. The van der Waals surface area contributed by atoms with Gasteiger partial charge in [0, 0.05) is 37.9 Å². The van der Waals surface area contributed by atoms with Crippen LogP contribution >= 0.6 is 0 Å². The highest BCUT2D eigenvalue weighted by Crippen LogP contribution is 2.33. The van der Waals surface area contributed by atoms with E-state index in [-0.39, 0.29) is 17.7 Å². The van der Waals surface area contributed by atoms with Gasteiger partial charge in [-0.1, -0.05) is 24.3 Å². The Morgan fingerprint density at radius 1 is 0.931 bits per heavy atom. The minimum Gasteiger partial charge on any atom is -0.337 e. The average molecular weight is 388 g/mol. The van der Waals surface area contributed by atoms with Crippen molar-refractivity contribution >= 4 is 17.5 Å². The molecule has 3 aromatic rings. The second-order valence-corrected chi connectivity index (χ2v) is 7.52. The summed E-state index contributed by atoms with van der Waals surface area (Å²) in [6.07, 6.45) is 2.34. The standard InChI is InChI=1S/C21H20N6O2/c28-20(23-16-6-2-1-3-7-16)19-25-24-18-10-14-11-26(12-15(14)13-27(18)19)21(29)17-8-4-5-9-22-17/h1-9,14-15H,10-13H2,(H,23,28)/t14-,15+/m1/s1. The van der Waals surface area contributed by atoms with Crippen molar-refractivity contribution in [3.05, 3.63) is 72.1 Å². The van der Waals surface area contributed by atoms with Crippen LogP contribution in [0.2, 0.25) is 0 Å². The maximum atomic E-state index is 12.7. The molecule has 0 unspecified atom stereocenters. The van der Waals surface area contributed by atoms with Gasteiger partial charge in [0.15, 0.2) is 0 Å². The van der Waals surface area contributed by atoms with Crippen molar-refractivity contribution in [1.82, 2.24) is 24.6 Å². The number of nitrogens with one attached hydrogen (secondary N) is 1. The Balaban J connectivity index is 1.31. The summed E-state index contributed by atoms with van der Waals surface area (Å²) >= 11 is 0. The van der Waals surface area contributed by atoms with Crippen LogP contribution in [0.4, 0.5) is 5.69 Å². The van der Waals surface area contributed by atoms with Crippen LogP contribution < -0.4 is 5.32 Å². The third-order valence-electron chi connectivity index (χ3n) is 5.67. The van der Waals surface area contributed by atoms with Crippen molar-refractivity contribution in [3.63, 3.8) is 0 Å². The van der Waals surface area contributed by atoms with E-state index in [1.807, 2.05) is 45.9 Å². The smallest absolute Gasteiger partial charge is 0.293 e. The van der Waals surface area contributed by atoms with E-state index in [9.17, 15) is 9.59 Å². The zero-order valence-electron chi connectivity index (χ0n) is 15.7. The van der Waals surface area contributed by atoms with Crippen LogP contribution in [0.5, 0.6) is 0 Å². The number of aromatic nitrogens is 4. The van der Waals surface area contributed by atoms with Gasteiger partial charge in [0.05, 0.1) is 0 Å². The summed E-state index contributed by atoms with van der Waals surface area (Å²) in [6.45, 7) is 1.96. The van der Waals surface area contributed by atoms with Gasteiger partial charge >= 0.3 is 0 Å². The van der Waals surface area contributed by atoms with Crippen LogP contribution in [0.25, 0.3) is 0 Å². The van der Waals surface area contributed by atoms with E-state index in [1.54, 1.807) is 18.3 Å². The lowest BCUT2D eigenvalue weighted by Gasteiger charge is -2.25. The van der Waals surface area contributed by atoms with Gasteiger partial charge in [0.2, 0.25) is 5.82 Å². The summed E-state index contributed by atoms with van der Waals surface area (Å²) in [6, 6.07) is 14.7. The van der Waals surface area contributed by atoms with Crippen molar-refractivity contribution in [2.45, 2.75) is 13.0 Å². The molecule has 2 aliphatic heterocycles. The SMILES string of the molecule is O=C(Nc1ccccc1)c1nnc2n1C[C@@H]1CN(C(=O)c3ccccn3)C[C@H]1C2. The lowest BCUT2D eigenvalue weighted by Crippen LogP contribution is -2.31. The van der Waals surface area contributed by atoms with Gasteiger partial charge in [0.25, 0.3) is 11.8 Å². The molecule has 146 valence electrons. The van der Waals surface area contributed by atoms with E-state index in [1.165, 1.54) is 0 Å². The van der Waals surface area contributed by atoms with Gasteiger partial charge in [-0.3, -0.25) is 14.6 Å². The molecule has 0 aliphatic carbocycles. The summed E-state index contributed by atoms with van der Waals surface area (Å²) in [5.41, 5.74) is 1.19. The Labute approximate surface area is 167 Å². The molecule has 1 aromatic carbocycles. The molecule has 1 fully saturated rings. The Bertz CT molecular complexity index is 1050. The van der Waals surface area contributed by atoms with Gasteiger partial charge in [0.1, 0.15) is 11.5 Å². The molecular weight excluding hydrogens is 368 g/mol. The Morgan fingerprint density at radius 2 is 1.72 bits per heavy atom. The second kappa shape index (κ2) is 7.12. The molecule has 2 amide bonds. The van der Waals surface area contributed by atoms with Crippen molar-refractivity contribution in [2.75, 3.05) is 18.4 Å². The summed E-state index contributed by atoms with van der Waals surface area (Å²) in [7, 11) is 0. The first-order valence-corrected chi connectivity index (χ1v) is 9.68. The predicted molar refractivity (Wildman–Crippen MR) is 105 cm³/mol. The average Bonchev–Trinajstić information content (AvgIpc) is 3.36. The van der Waals surface area contributed by atoms with Crippen molar-refractivity contribution in [3.8, 4) is 0 Å². The molecule has 4 heterocycles. The Kier molecular flexibility index (Phi) is 4.31. The van der Waals surface area contributed by atoms with Gasteiger partial charge in [-0.25, -0.2) is 0 Å². The molecule has 0 bridgehead atoms. The monoisotopic (exact) mass is 388 g/mol. The van der Waals surface area contributed by atoms with Gasteiger partial charge in [-0.15, -0.1) is 10.2 Å². The van der Waals surface area contributed by atoms with Crippen molar-refractivity contribution in [1.29, 1.82) is 0 Å². The van der Waals surface area contributed by atoms with E-state index < -0.39 is 0 Å². The van der Waals surface area contributed by atoms with Gasteiger partial charge in [-0.05, 0) is 36.1 Å². The number of carbonyl (C=O) groups excluding carboxylic acids is 2. The molecule has 2 aliphatic rings. The lowest BCUT2D eigenvalue weighted by molar-refractivity contribution is 0.0777. The molecule has 0 saturated carbocycles. The van der Waals surface area contributed by atoms with Crippen molar-refractivity contribution in [2.24, 2.45) is 11.8 Å². The first kappa shape index (κ1) is 17.5. The number of para-hydroxylation sites is 1. The molecule has 8 heteroatoms. The van der Waals surface area contributed by atoms with E-state index >= 15 is 0 Å². The number of amides is 2. The minimum absolute atomic E-state index is 0.0437.